The van der Waals surface area contributed by atoms with Crippen molar-refractivity contribution in [2.24, 2.45) is 0 Å². The minimum absolute atomic E-state index is 0.169. The maximum atomic E-state index is 12.1. The Morgan fingerprint density at radius 2 is 1.89 bits per heavy atom. The maximum absolute atomic E-state index is 12.1. The summed E-state index contributed by atoms with van der Waals surface area (Å²) in [7, 11) is -2.09. The van der Waals surface area contributed by atoms with Gasteiger partial charge in [0.1, 0.15) is 10.6 Å². The number of alkyl halides is 1. The molecule has 1 aromatic carbocycles. The van der Waals surface area contributed by atoms with Crippen LogP contribution < -0.4 is 9.46 Å². The molecule has 0 radical (unpaired) electrons. The molecule has 102 valence electrons. The molecule has 6 heteroatoms. The molecule has 0 aliphatic carbocycles. The third-order valence-electron chi connectivity index (χ3n) is 2.67. The number of hydrogen-bond acceptors (Lipinski definition) is 3. The minimum Gasteiger partial charge on any atom is -0.495 e. The van der Waals surface area contributed by atoms with Crippen molar-refractivity contribution in [1.82, 2.24) is 4.72 Å². The number of rotatable bonds is 6. The fourth-order valence-corrected chi connectivity index (χ4v) is 2.93. The lowest BCUT2D eigenvalue weighted by molar-refractivity contribution is 0.402. The smallest absolute Gasteiger partial charge is 0.244 e. The van der Waals surface area contributed by atoms with Crippen LogP contribution in [0.2, 0.25) is 0 Å². The molecule has 0 aliphatic heterocycles. The second kappa shape index (κ2) is 6.41. The molecule has 0 spiro atoms. The standard InChI is InChI=1S/C12H18ClNO3S/c1-9-7-11(17-3)12(8-10(9)2)18(15,16)14-6-4-5-13/h7-8,14H,4-6H2,1-3H3. The molecule has 1 rings (SSSR count). The monoisotopic (exact) mass is 291 g/mol. The van der Waals surface area contributed by atoms with E-state index in [9.17, 15) is 8.42 Å². The fraction of sp³-hybridized carbons (Fsp3) is 0.500. The van der Waals surface area contributed by atoms with Crippen molar-refractivity contribution < 1.29 is 13.2 Å². The normalized spacial score (nSPS) is 11.6. The Bertz CT molecular complexity index is 514. The highest BCUT2D eigenvalue weighted by atomic mass is 35.5. The van der Waals surface area contributed by atoms with E-state index in [-0.39, 0.29) is 4.90 Å². The van der Waals surface area contributed by atoms with Crippen molar-refractivity contribution >= 4 is 21.6 Å². The molecule has 0 atom stereocenters. The molecule has 0 saturated heterocycles. The Kier molecular flexibility index (Phi) is 5.44. The van der Waals surface area contributed by atoms with E-state index in [2.05, 4.69) is 4.72 Å². The second-order valence-corrected chi connectivity index (χ2v) is 6.14. The van der Waals surface area contributed by atoms with E-state index in [4.69, 9.17) is 16.3 Å². The predicted molar refractivity (Wildman–Crippen MR) is 73.0 cm³/mol. The number of ether oxygens (including phenoxy) is 1. The Morgan fingerprint density at radius 1 is 1.28 bits per heavy atom. The van der Waals surface area contributed by atoms with Crippen LogP contribution in [-0.2, 0) is 10.0 Å². The van der Waals surface area contributed by atoms with Gasteiger partial charge in [0.15, 0.2) is 0 Å². The molecule has 0 heterocycles. The Hall–Kier alpha value is -0.780. The Labute approximate surface area is 113 Å². The number of methoxy groups -OCH3 is 1. The quantitative estimate of drug-likeness (QED) is 0.646. The van der Waals surface area contributed by atoms with Crippen molar-refractivity contribution in [2.75, 3.05) is 19.5 Å². The van der Waals surface area contributed by atoms with Crippen molar-refractivity contribution in [3.05, 3.63) is 23.3 Å². The fourth-order valence-electron chi connectivity index (χ4n) is 1.48. The van der Waals surface area contributed by atoms with Gasteiger partial charge in [0, 0.05) is 12.4 Å². The summed E-state index contributed by atoms with van der Waals surface area (Å²) in [5, 5.41) is 0. The first-order valence-corrected chi connectivity index (χ1v) is 7.65. The van der Waals surface area contributed by atoms with Gasteiger partial charge in [0.05, 0.1) is 7.11 Å². The van der Waals surface area contributed by atoms with E-state index in [1.165, 1.54) is 7.11 Å². The molecule has 0 unspecified atom stereocenters. The number of hydrogen-bond donors (Lipinski definition) is 1. The van der Waals surface area contributed by atoms with Crippen molar-refractivity contribution in [3.8, 4) is 5.75 Å². The average molecular weight is 292 g/mol. The van der Waals surface area contributed by atoms with Crippen LogP contribution in [0.3, 0.4) is 0 Å². The first-order chi connectivity index (χ1) is 8.42. The van der Waals surface area contributed by atoms with Gasteiger partial charge in [-0.3, -0.25) is 0 Å². The van der Waals surface area contributed by atoms with Crippen LogP contribution in [0, 0.1) is 13.8 Å². The lowest BCUT2D eigenvalue weighted by Gasteiger charge is -2.12. The number of halogens is 1. The van der Waals surface area contributed by atoms with Gasteiger partial charge < -0.3 is 4.74 Å². The van der Waals surface area contributed by atoms with Crippen molar-refractivity contribution in [1.29, 1.82) is 0 Å². The van der Waals surface area contributed by atoms with Gasteiger partial charge in [0.25, 0.3) is 0 Å². The summed E-state index contributed by atoms with van der Waals surface area (Å²) in [6.45, 7) is 4.10. The predicted octanol–water partition coefficient (Wildman–Crippen LogP) is 2.22. The third-order valence-corrected chi connectivity index (χ3v) is 4.42. The topological polar surface area (TPSA) is 55.4 Å². The van der Waals surface area contributed by atoms with E-state index in [0.29, 0.717) is 24.6 Å². The van der Waals surface area contributed by atoms with E-state index >= 15 is 0 Å². The van der Waals surface area contributed by atoms with Crippen LogP contribution in [0.15, 0.2) is 17.0 Å². The average Bonchev–Trinajstić information content (AvgIpc) is 2.32. The van der Waals surface area contributed by atoms with Gasteiger partial charge >= 0.3 is 0 Å². The summed E-state index contributed by atoms with van der Waals surface area (Å²) in [5.41, 5.74) is 1.90. The highest BCUT2D eigenvalue weighted by Crippen LogP contribution is 2.27. The second-order valence-electron chi connectivity index (χ2n) is 4.03. The number of sulfonamides is 1. The largest absolute Gasteiger partial charge is 0.495 e. The number of aryl methyl sites for hydroxylation is 2. The Balaban J connectivity index is 3.11. The number of nitrogens with one attached hydrogen (secondary N) is 1. The first-order valence-electron chi connectivity index (χ1n) is 5.63. The van der Waals surface area contributed by atoms with Gasteiger partial charge in [-0.2, -0.15) is 0 Å². The molecule has 1 N–H and O–H groups in total. The minimum atomic E-state index is -3.55. The van der Waals surface area contributed by atoms with Crippen molar-refractivity contribution in [2.45, 2.75) is 25.2 Å². The summed E-state index contributed by atoms with van der Waals surface area (Å²) in [4.78, 5) is 0.169. The molecule has 0 saturated carbocycles. The Morgan fingerprint density at radius 3 is 2.44 bits per heavy atom. The molecular formula is C12H18ClNO3S. The zero-order valence-electron chi connectivity index (χ0n) is 10.8. The van der Waals surface area contributed by atoms with Crippen LogP contribution in [0.4, 0.5) is 0 Å². The van der Waals surface area contributed by atoms with Crippen LogP contribution in [0.5, 0.6) is 5.75 Å². The molecule has 1 aromatic rings. The molecule has 18 heavy (non-hydrogen) atoms. The van der Waals surface area contributed by atoms with Gasteiger partial charge in [-0.1, -0.05) is 0 Å². The first kappa shape index (κ1) is 15.3. The maximum Gasteiger partial charge on any atom is 0.244 e. The van der Waals surface area contributed by atoms with Crippen LogP contribution >= 0.6 is 11.6 Å². The molecule has 0 amide bonds. The summed E-state index contributed by atoms with van der Waals surface area (Å²) in [6.07, 6.45) is 0.591. The van der Waals surface area contributed by atoms with Gasteiger partial charge in [-0.15, -0.1) is 11.6 Å². The lowest BCUT2D eigenvalue weighted by Crippen LogP contribution is -2.25. The lowest BCUT2D eigenvalue weighted by atomic mass is 10.1. The molecule has 0 aromatic heterocycles. The zero-order chi connectivity index (χ0) is 13.8. The molecule has 4 nitrogen and oxygen atoms in total. The molecule has 0 aliphatic rings. The summed E-state index contributed by atoms with van der Waals surface area (Å²) >= 11 is 5.52. The van der Waals surface area contributed by atoms with E-state index in [0.717, 1.165) is 11.1 Å². The van der Waals surface area contributed by atoms with Crippen LogP contribution in [-0.4, -0.2) is 28.0 Å². The van der Waals surface area contributed by atoms with Gasteiger partial charge in [0.2, 0.25) is 10.0 Å². The SMILES string of the molecule is COc1cc(C)c(C)cc1S(=O)(=O)NCCCCl. The van der Waals surface area contributed by atoms with Gasteiger partial charge in [-0.25, -0.2) is 13.1 Å². The van der Waals surface area contributed by atoms with E-state index in [1.54, 1.807) is 12.1 Å². The highest BCUT2D eigenvalue weighted by molar-refractivity contribution is 7.89. The third kappa shape index (κ3) is 3.60. The molecular weight excluding hydrogens is 274 g/mol. The van der Waals surface area contributed by atoms with E-state index in [1.807, 2.05) is 13.8 Å². The highest BCUT2D eigenvalue weighted by Gasteiger charge is 2.19. The zero-order valence-corrected chi connectivity index (χ0v) is 12.4. The molecule has 0 fully saturated rings. The van der Waals surface area contributed by atoms with E-state index < -0.39 is 10.0 Å². The summed E-state index contributed by atoms with van der Waals surface area (Å²) in [6, 6.07) is 3.35. The van der Waals surface area contributed by atoms with Gasteiger partial charge in [-0.05, 0) is 43.5 Å². The molecule has 0 bridgehead atoms. The van der Waals surface area contributed by atoms with Crippen molar-refractivity contribution in [3.63, 3.8) is 0 Å². The summed E-state index contributed by atoms with van der Waals surface area (Å²) < 4.78 is 31.9. The van der Waals surface area contributed by atoms with Crippen LogP contribution in [0.25, 0.3) is 0 Å². The summed E-state index contributed by atoms with van der Waals surface area (Å²) in [5.74, 6) is 0.781. The van der Waals surface area contributed by atoms with Crippen LogP contribution in [0.1, 0.15) is 17.5 Å². The number of benzene rings is 1.